The fourth-order valence-electron chi connectivity index (χ4n) is 2.22. The molecule has 2 rings (SSSR count). The fourth-order valence-corrected chi connectivity index (χ4v) is 2.22. The number of carbonyl (C=O) groups is 1. The predicted molar refractivity (Wildman–Crippen MR) is 77.0 cm³/mol. The van der Waals surface area contributed by atoms with E-state index in [0.717, 1.165) is 18.2 Å². The zero-order chi connectivity index (χ0) is 17.2. The van der Waals surface area contributed by atoms with Crippen LogP contribution >= 0.6 is 0 Å². The maximum atomic E-state index is 12.8. The first-order valence-electron chi connectivity index (χ1n) is 7.04. The summed E-state index contributed by atoms with van der Waals surface area (Å²) >= 11 is 0. The van der Waals surface area contributed by atoms with Gasteiger partial charge in [0, 0.05) is 11.9 Å². The Morgan fingerprint density at radius 1 is 1.30 bits per heavy atom. The van der Waals surface area contributed by atoms with Gasteiger partial charge in [-0.2, -0.15) is 18.3 Å². The number of benzene rings is 1. The summed E-state index contributed by atoms with van der Waals surface area (Å²) in [5.41, 5.74) is -1.38. The molecule has 0 aliphatic carbocycles. The molecule has 0 fully saturated rings. The van der Waals surface area contributed by atoms with Crippen molar-refractivity contribution < 1.29 is 22.7 Å². The number of rotatable bonds is 4. The lowest BCUT2D eigenvalue weighted by Gasteiger charge is -2.12. The summed E-state index contributed by atoms with van der Waals surface area (Å²) in [5, 5.41) is 4.09. The van der Waals surface area contributed by atoms with Crippen molar-refractivity contribution in [3.8, 4) is 0 Å². The summed E-state index contributed by atoms with van der Waals surface area (Å²) in [6.07, 6.45) is -4.82. The van der Waals surface area contributed by atoms with Crippen LogP contribution in [0.4, 0.5) is 13.2 Å². The van der Waals surface area contributed by atoms with Crippen molar-refractivity contribution in [1.82, 2.24) is 9.78 Å². The molecule has 0 aliphatic heterocycles. The summed E-state index contributed by atoms with van der Waals surface area (Å²) in [5.74, 6) is -0.606. The molecule has 124 valence electrons. The third-order valence-electron chi connectivity index (χ3n) is 3.27. The molecule has 0 atom stereocenters. The third-order valence-corrected chi connectivity index (χ3v) is 3.27. The van der Waals surface area contributed by atoms with Crippen molar-refractivity contribution in [3.63, 3.8) is 0 Å². The lowest BCUT2D eigenvalue weighted by molar-refractivity contribution is -0.142. The molecule has 0 amide bonds. The molecule has 0 radical (unpaired) electrons. The van der Waals surface area contributed by atoms with Gasteiger partial charge in [-0.25, -0.2) is 0 Å². The van der Waals surface area contributed by atoms with Crippen molar-refractivity contribution in [2.45, 2.75) is 33.0 Å². The number of hydrogen-bond donors (Lipinski definition) is 0. The molecule has 2 aromatic rings. The average Bonchev–Trinajstić information content (AvgIpc) is 2.49. The molecule has 23 heavy (non-hydrogen) atoms. The highest BCUT2D eigenvalue weighted by molar-refractivity contribution is 5.81. The molecule has 1 aromatic carbocycles. The number of hydrogen-bond acceptors (Lipinski definition) is 4. The second-order valence-corrected chi connectivity index (χ2v) is 4.80. The molecule has 1 aromatic heterocycles. The highest BCUT2D eigenvalue weighted by Crippen LogP contribution is 2.30. The number of aryl methyl sites for hydroxylation is 1. The van der Waals surface area contributed by atoms with E-state index in [-0.39, 0.29) is 36.2 Å². The molecular formula is C15H15F3N2O3. The number of nitrogens with zero attached hydrogens (tertiary/aromatic N) is 2. The largest absolute Gasteiger partial charge is 0.466 e. The molecule has 5 nitrogen and oxygen atoms in total. The number of halogens is 3. The summed E-state index contributed by atoms with van der Waals surface area (Å²) in [4.78, 5) is 23.9. The molecule has 0 saturated carbocycles. The number of fused-ring (bicyclic) bond motifs is 1. The molecule has 0 unspecified atom stereocenters. The first kappa shape index (κ1) is 17.0. The smallest absolute Gasteiger partial charge is 0.416 e. The van der Waals surface area contributed by atoms with Gasteiger partial charge in [0.2, 0.25) is 5.43 Å². The Bertz CT molecular complexity index is 797. The van der Waals surface area contributed by atoms with Crippen LogP contribution in [0.5, 0.6) is 0 Å². The van der Waals surface area contributed by atoms with Gasteiger partial charge in [0.1, 0.15) is 5.69 Å². The van der Waals surface area contributed by atoms with Crippen molar-refractivity contribution in [1.29, 1.82) is 0 Å². The van der Waals surface area contributed by atoms with Crippen molar-refractivity contribution >= 4 is 16.9 Å². The maximum Gasteiger partial charge on any atom is 0.416 e. The normalized spacial score (nSPS) is 11.7. The van der Waals surface area contributed by atoms with Gasteiger partial charge in [-0.3, -0.25) is 14.3 Å². The van der Waals surface area contributed by atoms with E-state index in [1.807, 2.05) is 0 Å². The summed E-state index contributed by atoms with van der Waals surface area (Å²) in [6.45, 7) is 3.75. The van der Waals surface area contributed by atoms with Crippen LogP contribution in [0.15, 0.2) is 23.0 Å². The SMILES string of the molecule is CCOC(=O)Cc1nn(CC)c2cc(C(F)(F)F)ccc2c1=O. The summed E-state index contributed by atoms with van der Waals surface area (Å²) in [7, 11) is 0. The fraction of sp³-hybridized carbons (Fsp3) is 0.400. The van der Waals surface area contributed by atoms with Gasteiger partial charge >= 0.3 is 12.1 Å². The highest BCUT2D eigenvalue weighted by atomic mass is 19.4. The minimum Gasteiger partial charge on any atom is -0.466 e. The van der Waals surface area contributed by atoms with E-state index in [4.69, 9.17) is 4.74 Å². The van der Waals surface area contributed by atoms with Gasteiger partial charge in [-0.05, 0) is 32.0 Å². The molecule has 0 spiro atoms. The van der Waals surface area contributed by atoms with E-state index in [0.29, 0.717) is 0 Å². The van der Waals surface area contributed by atoms with Gasteiger partial charge in [0.25, 0.3) is 0 Å². The molecule has 1 heterocycles. The minimum absolute atomic E-state index is 0.0439. The average molecular weight is 328 g/mol. The second-order valence-electron chi connectivity index (χ2n) is 4.80. The first-order valence-corrected chi connectivity index (χ1v) is 7.04. The predicted octanol–water partition coefficient (Wildman–Crippen LogP) is 2.54. The topological polar surface area (TPSA) is 61.2 Å². The number of aromatic nitrogens is 2. The summed E-state index contributed by atoms with van der Waals surface area (Å²) < 4.78 is 44.5. The van der Waals surface area contributed by atoms with Gasteiger partial charge in [-0.1, -0.05) is 0 Å². The third kappa shape index (κ3) is 3.52. The minimum atomic E-state index is -4.51. The van der Waals surface area contributed by atoms with Crippen molar-refractivity contribution in [3.05, 3.63) is 39.7 Å². The lowest BCUT2D eigenvalue weighted by Crippen LogP contribution is -2.23. The van der Waals surface area contributed by atoms with Gasteiger partial charge in [-0.15, -0.1) is 0 Å². The molecule has 0 bridgehead atoms. The van der Waals surface area contributed by atoms with E-state index < -0.39 is 23.1 Å². The van der Waals surface area contributed by atoms with Crippen LogP contribution in [0.25, 0.3) is 10.9 Å². The van der Waals surface area contributed by atoms with Crippen LogP contribution in [-0.4, -0.2) is 22.4 Å². The lowest BCUT2D eigenvalue weighted by atomic mass is 10.1. The van der Waals surface area contributed by atoms with Gasteiger partial charge in [0.05, 0.1) is 24.1 Å². The van der Waals surface area contributed by atoms with E-state index in [1.165, 1.54) is 4.68 Å². The van der Waals surface area contributed by atoms with Crippen molar-refractivity contribution in [2.75, 3.05) is 6.61 Å². The molecule has 0 N–H and O–H groups in total. The maximum absolute atomic E-state index is 12.8. The van der Waals surface area contributed by atoms with Crippen LogP contribution in [0.3, 0.4) is 0 Å². The van der Waals surface area contributed by atoms with Crippen LogP contribution < -0.4 is 5.43 Å². The van der Waals surface area contributed by atoms with Gasteiger partial charge in [0.15, 0.2) is 0 Å². The first-order chi connectivity index (χ1) is 10.8. The Morgan fingerprint density at radius 2 is 2.00 bits per heavy atom. The second kappa shape index (κ2) is 6.39. The van der Waals surface area contributed by atoms with E-state index in [2.05, 4.69) is 5.10 Å². The van der Waals surface area contributed by atoms with Crippen molar-refractivity contribution in [2.24, 2.45) is 0 Å². The molecular weight excluding hydrogens is 313 g/mol. The standard InChI is InChI=1S/C15H15F3N2O3/c1-3-20-12-7-9(15(16,17)18)5-6-10(12)14(22)11(19-20)8-13(21)23-4-2/h5-7H,3-4,8H2,1-2H3. The van der Waals surface area contributed by atoms with E-state index >= 15 is 0 Å². The van der Waals surface area contributed by atoms with Gasteiger partial charge < -0.3 is 4.74 Å². The summed E-state index contributed by atoms with van der Waals surface area (Å²) in [6, 6.07) is 2.85. The molecule has 0 saturated heterocycles. The highest BCUT2D eigenvalue weighted by Gasteiger charge is 2.31. The van der Waals surface area contributed by atoms with E-state index in [1.54, 1.807) is 13.8 Å². The Balaban J connectivity index is 2.61. The Kier molecular flexibility index (Phi) is 4.72. The van der Waals surface area contributed by atoms with E-state index in [9.17, 15) is 22.8 Å². The van der Waals surface area contributed by atoms with Crippen LogP contribution in [-0.2, 0) is 28.7 Å². The zero-order valence-corrected chi connectivity index (χ0v) is 12.6. The Hall–Kier alpha value is -2.38. The van der Waals surface area contributed by atoms with Crippen LogP contribution in [0, 0.1) is 0 Å². The Labute approximate surface area is 129 Å². The number of alkyl halides is 3. The zero-order valence-electron chi connectivity index (χ0n) is 12.6. The van der Waals surface area contributed by atoms with Crippen LogP contribution in [0.1, 0.15) is 25.1 Å². The molecule has 0 aliphatic rings. The quantitative estimate of drug-likeness (QED) is 0.809. The number of carbonyl (C=O) groups excluding carboxylic acids is 1. The monoisotopic (exact) mass is 328 g/mol. The number of ether oxygens (including phenoxy) is 1. The molecule has 8 heteroatoms. The number of esters is 1. The Morgan fingerprint density at radius 3 is 2.57 bits per heavy atom. The van der Waals surface area contributed by atoms with Crippen LogP contribution in [0.2, 0.25) is 0 Å².